The smallest absolute Gasteiger partial charge is 0.395 e. The van der Waals surface area contributed by atoms with Crippen molar-refractivity contribution in [3.63, 3.8) is 0 Å². The molecule has 1 aromatic heterocycles. The molecular weight excluding hydrogens is 329 g/mol. The maximum atomic E-state index is 12.7. The first-order valence-electron chi connectivity index (χ1n) is 7.84. The van der Waals surface area contributed by atoms with Crippen molar-refractivity contribution >= 4 is 0 Å². The van der Waals surface area contributed by atoms with E-state index < -0.39 is 11.7 Å². The Morgan fingerprint density at radius 3 is 2.40 bits per heavy atom. The second kappa shape index (κ2) is 7.11. The van der Waals surface area contributed by atoms with Crippen molar-refractivity contribution in [3.05, 3.63) is 77.7 Å². The zero-order valence-electron chi connectivity index (χ0n) is 13.4. The molecule has 0 spiro atoms. The molecule has 130 valence electrons. The molecule has 0 fully saturated rings. The maximum Gasteiger partial charge on any atom is 0.416 e. The van der Waals surface area contributed by atoms with Gasteiger partial charge in [-0.3, -0.25) is 0 Å². The number of halogens is 3. The van der Waals surface area contributed by atoms with E-state index in [9.17, 15) is 13.2 Å². The van der Waals surface area contributed by atoms with Gasteiger partial charge in [0.1, 0.15) is 0 Å². The number of hydrogen-bond donors (Lipinski definition) is 1. The quantitative estimate of drug-likeness (QED) is 0.754. The van der Waals surface area contributed by atoms with E-state index >= 15 is 0 Å². The van der Waals surface area contributed by atoms with Gasteiger partial charge in [0.05, 0.1) is 24.2 Å². The third-order valence-corrected chi connectivity index (χ3v) is 3.96. The number of aliphatic hydroxyl groups excluding tert-OH is 1. The zero-order chi connectivity index (χ0) is 17.9. The second-order valence-corrected chi connectivity index (χ2v) is 5.75. The normalized spacial score (nSPS) is 11.7. The van der Waals surface area contributed by atoms with E-state index in [4.69, 9.17) is 5.11 Å². The highest BCUT2D eigenvalue weighted by atomic mass is 19.4. The first-order valence-corrected chi connectivity index (χ1v) is 7.84. The van der Waals surface area contributed by atoms with Crippen molar-refractivity contribution in [2.75, 3.05) is 6.61 Å². The Kier molecular flexibility index (Phi) is 4.90. The number of alkyl halides is 3. The van der Waals surface area contributed by atoms with Crippen LogP contribution >= 0.6 is 0 Å². The summed E-state index contributed by atoms with van der Waals surface area (Å²) in [6, 6.07) is 12.9. The molecule has 0 radical (unpaired) electrons. The van der Waals surface area contributed by atoms with Gasteiger partial charge in [-0.1, -0.05) is 36.4 Å². The van der Waals surface area contributed by atoms with E-state index in [0.717, 1.165) is 34.5 Å². The molecule has 0 aliphatic rings. The first-order chi connectivity index (χ1) is 12.0. The summed E-state index contributed by atoms with van der Waals surface area (Å²) in [6.07, 6.45) is -0.306. The second-order valence-electron chi connectivity index (χ2n) is 5.75. The van der Waals surface area contributed by atoms with E-state index in [1.165, 1.54) is 12.1 Å². The van der Waals surface area contributed by atoms with E-state index in [1.54, 1.807) is 10.9 Å². The van der Waals surface area contributed by atoms with Crippen LogP contribution in [0.1, 0.15) is 16.7 Å². The molecule has 3 aromatic rings. The van der Waals surface area contributed by atoms with Crippen LogP contribution in [0.5, 0.6) is 0 Å². The molecule has 25 heavy (non-hydrogen) atoms. The van der Waals surface area contributed by atoms with Gasteiger partial charge < -0.3 is 9.67 Å². The molecule has 0 saturated heterocycles. The Hall–Kier alpha value is -2.60. The molecule has 3 nitrogen and oxygen atoms in total. The van der Waals surface area contributed by atoms with Gasteiger partial charge in [0.25, 0.3) is 0 Å². The van der Waals surface area contributed by atoms with E-state index in [-0.39, 0.29) is 6.61 Å². The number of imidazole rings is 1. The Labute approximate surface area is 143 Å². The largest absolute Gasteiger partial charge is 0.416 e. The Balaban J connectivity index is 1.85. The van der Waals surface area contributed by atoms with Crippen LogP contribution in [0.15, 0.2) is 61.1 Å². The summed E-state index contributed by atoms with van der Waals surface area (Å²) >= 11 is 0. The molecule has 0 amide bonds. The molecule has 0 atom stereocenters. The van der Waals surface area contributed by atoms with Crippen LogP contribution in [0, 0.1) is 0 Å². The number of aliphatic hydroxyl groups is 1. The van der Waals surface area contributed by atoms with Gasteiger partial charge in [-0.05, 0) is 29.7 Å². The summed E-state index contributed by atoms with van der Waals surface area (Å²) in [5.74, 6) is 0. The van der Waals surface area contributed by atoms with Gasteiger partial charge in [-0.25, -0.2) is 4.98 Å². The average Bonchev–Trinajstić information content (AvgIpc) is 3.04. The van der Waals surface area contributed by atoms with E-state index in [0.29, 0.717) is 13.0 Å². The average molecular weight is 346 g/mol. The number of rotatable bonds is 5. The highest BCUT2D eigenvalue weighted by Gasteiger charge is 2.29. The third kappa shape index (κ3) is 4.09. The standard InChI is InChI=1S/C19H17F3N2O/c20-19(21,22)16-7-5-14(6-8-16)11-15-3-1-2-4-17(15)18-12-24(9-10-25)13-23-18/h1-8,12-13,25H,9-11H2. The predicted octanol–water partition coefficient (Wildman–Crippen LogP) is 4.15. The van der Waals surface area contributed by atoms with Crippen LogP contribution in [-0.2, 0) is 19.1 Å². The lowest BCUT2D eigenvalue weighted by Gasteiger charge is -2.10. The van der Waals surface area contributed by atoms with Crippen LogP contribution in [0.25, 0.3) is 11.3 Å². The lowest BCUT2D eigenvalue weighted by Crippen LogP contribution is -2.04. The molecule has 1 N–H and O–H groups in total. The molecule has 6 heteroatoms. The van der Waals surface area contributed by atoms with Gasteiger partial charge in [0.15, 0.2) is 0 Å². The molecule has 0 bridgehead atoms. The summed E-state index contributed by atoms with van der Waals surface area (Å²) in [4.78, 5) is 4.36. The molecule has 0 unspecified atom stereocenters. The van der Waals surface area contributed by atoms with Crippen LogP contribution < -0.4 is 0 Å². The summed E-state index contributed by atoms with van der Waals surface area (Å²) in [5, 5.41) is 9.00. The van der Waals surface area contributed by atoms with Crippen LogP contribution in [0.2, 0.25) is 0 Å². The molecule has 2 aromatic carbocycles. The molecule has 0 saturated carbocycles. The fraction of sp³-hybridized carbons (Fsp3) is 0.211. The Bertz CT molecular complexity index is 838. The lowest BCUT2D eigenvalue weighted by molar-refractivity contribution is -0.137. The highest BCUT2D eigenvalue weighted by molar-refractivity contribution is 5.63. The van der Waals surface area contributed by atoms with Crippen molar-refractivity contribution in [2.24, 2.45) is 0 Å². The number of hydrogen-bond acceptors (Lipinski definition) is 2. The Morgan fingerprint density at radius 2 is 1.72 bits per heavy atom. The topological polar surface area (TPSA) is 38.0 Å². The lowest BCUT2D eigenvalue weighted by atomic mass is 9.97. The van der Waals surface area contributed by atoms with Crippen LogP contribution in [0.4, 0.5) is 13.2 Å². The molecular formula is C19H17F3N2O. The monoisotopic (exact) mass is 346 g/mol. The van der Waals surface area contributed by atoms with Crippen LogP contribution in [-0.4, -0.2) is 21.3 Å². The maximum absolute atomic E-state index is 12.7. The number of aromatic nitrogens is 2. The minimum Gasteiger partial charge on any atom is -0.395 e. The SMILES string of the molecule is OCCn1cnc(-c2ccccc2Cc2ccc(C(F)(F)F)cc2)c1. The predicted molar refractivity (Wildman–Crippen MR) is 89.0 cm³/mol. The van der Waals surface area contributed by atoms with Crippen LogP contribution in [0.3, 0.4) is 0 Å². The summed E-state index contributed by atoms with van der Waals surface area (Å²) in [7, 11) is 0. The molecule has 3 rings (SSSR count). The van der Waals surface area contributed by atoms with Gasteiger partial charge in [-0.15, -0.1) is 0 Å². The third-order valence-electron chi connectivity index (χ3n) is 3.96. The first kappa shape index (κ1) is 17.2. The summed E-state index contributed by atoms with van der Waals surface area (Å²) < 4.78 is 39.8. The van der Waals surface area contributed by atoms with Gasteiger partial charge >= 0.3 is 6.18 Å². The van der Waals surface area contributed by atoms with Crippen molar-refractivity contribution in [1.29, 1.82) is 0 Å². The van der Waals surface area contributed by atoms with Gasteiger partial charge in [0, 0.05) is 18.3 Å². The molecule has 0 aliphatic carbocycles. The number of nitrogens with zero attached hydrogens (tertiary/aromatic N) is 2. The zero-order valence-corrected chi connectivity index (χ0v) is 13.4. The van der Waals surface area contributed by atoms with Crippen molar-refractivity contribution in [3.8, 4) is 11.3 Å². The number of benzene rings is 2. The van der Waals surface area contributed by atoms with E-state index in [1.807, 2.05) is 30.5 Å². The highest BCUT2D eigenvalue weighted by Crippen LogP contribution is 2.30. The minimum atomic E-state index is -4.32. The Morgan fingerprint density at radius 1 is 1.00 bits per heavy atom. The molecule has 0 aliphatic heterocycles. The summed E-state index contributed by atoms with van der Waals surface area (Å²) in [5.41, 5.74) is 2.84. The van der Waals surface area contributed by atoms with E-state index in [2.05, 4.69) is 4.98 Å². The summed E-state index contributed by atoms with van der Waals surface area (Å²) in [6.45, 7) is 0.497. The van der Waals surface area contributed by atoms with Crippen molar-refractivity contribution < 1.29 is 18.3 Å². The fourth-order valence-corrected chi connectivity index (χ4v) is 2.69. The van der Waals surface area contributed by atoms with Crippen molar-refractivity contribution in [1.82, 2.24) is 9.55 Å². The fourth-order valence-electron chi connectivity index (χ4n) is 2.69. The van der Waals surface area contributed by atoms with Gasteiger partial charge in [0.2, 0.25) is 0 Å². The van der Waals surface area contributed by atoms with Crippen molar-refractivity contribution in [2.45, 2.75) is 19.1 Å². The minimum absolute atomic E-state index is 0.0308. The molecule has 1 heterocycles. The van der Waals surface area contributed by atoms with Gasteiger partial charge in [-0.2, -0.15) is 13.2 Å².